The Morgan fingerprint density at radius 1 is 1.00 bits per heavy atom. The van der Waals surface area contributed by atoms with Crippen LogP contribution in [-0.2, 0) is 13.0 Å². The molecule has 3 aromatic rings. The van der Waals surface area contributed by atoms with Crippen LogP contribution in [0.15, 0.2) is 72.8 Å². The van der Waals surface area contributed by atoms with E-state index in [2.05, 4.69) is 24.3 Å². The van der Waals surface area contributed by atoms with Crippen LogP contribution >= 0.6 is 11.6 Å². The van der Waals surface area contributed by atoms with Crippen molar-refractivity contribution >= 4 is 17.5 Å². The van der Waals surface area contributed by atoms with E-state index < -0.39 is 0 Å². The molecular formula is C27H28ClNO3. The minimum atomic E-state index is 0.0646. The normalized spacial score (nSPS) is 14.2. The average Bonchev–Trinajstić information content (AvgIpc) is 2.83. The molecule has 5 heteroatoms. The zero-order valence-corrected chi connectivity index (χ0v) is 19.1. The Kier molecular flexibility index (Phi) is 7.33. The quantitative estimate of drug-likeness (QED) is 0.442. The van der Waals surface area contributed by atoms with Crippen LogP contribution < -0.4 is 9.47 Å². The molecule has 0 atom stereocenters. The fourth-order valence-electron chi connectivity index (χ4n) is 4.21. The van der Waals surface area contributed by atoms with Crippen LogP contribution in [0.1, 0.15) is 34.3 Å². The number of amides is 1. The Bertz CT molecular complexity index is 1050. The number of ether oxygens (including phenoxy) is 2. The highest BCUT2D eigenvalue weighted by Crippen LogP contribution is 2.26. The summed E-state index contributed by atoms with van der Waals surface area (Å²) >= 11 is 6.04. The van der Waals surface area contributed by atoms with Gasteiger partial charge in [-0.3, -0.25) is 4.79 Å². The Morgan fingerprint density at radius 2 is 1.78 bits per heavy atom. The van der Waals surface area contributed by atoms with Gasteiger partial charge < -0.3 is 14.4 Å². The number of rotatable bonds is 7. The largest absolute Gasteiger partial charge is 0.496 e. The van der Waals surface area contributed by atoms with E-state index in [0.29, 0.717) is 34.6 Å². The maximum Gasteiger partial charge on any atom is 0.253 e. The molecule has 1 saturated heterocycles. The summed E-state index contributed by atoms with van der Waals surface area (Å²) in [5.41, 5.74) is 2.87. The first-order chi connectivity index (χ1) is 15.6. The SMILES string of the molecule is COc1ccc(C(=O)N2CCC(Cc3ccccc3)CC2)cc1COc1cccc(Cl)c1. The van der Waals surface area contributed by atoms with Gasteiger partial charge in [-0.2, -0.15) is 0 Å². The Hall–Kier alpha value is -2.98. The van der Waals surface area contributed by atoms with Crippen molar-refractivity contribution in [3.05, 3.63) is 94.5 Å². The second kappa shape index (κ2) is 10.6. The number of hydrogen-bond acceptors (Lipinski definition) is 3. The van der Waals surface area contributed by atoms with E-state index in [1.807, 2.05) is 41.3 Å². The second-order valence-electron chi connectivity index (χ2n) is 8.20. The smallest absolute Gasteiger partial charge is 0.253 e. The summed E-state index contributed by atoms with van der Waals surface area (Å²) in [5, 5.41) is 0.620. The Morgan fingerprint density at radius 3 is 2.50 bits per heavy atom. The van der Waals surface area contributed by atoms with Crippen molar-refractivity contribution in [1.29, 1.82) is 0 Å². The number of carbonyl (C=O) groups excluding carboxylic acids is 1. The molecule has 3 aromatic carbocycles. The van der Waals surface area contributed by atoms with Gasteiger partial charge in [-0.05, 0) is 67.1 Å². The van der Waals surface area contributed by atoms with Gasteiger partial charge in [-0.15, -0.1) is 0 Å². The first-order valence-corrected chi connectivity index (χ1v) is 11.4. The van der Waals surface area contributed by atoms with Crippen LogP contribution in [-0.4, -0.2) is 31.0 Å². The summed E-state index contributed by atoms with van der Waals surface area (Å²) in [4.78, 5) is 15.1. The van der Waals surface area contributed by atoms with E-state index in [0.717, 1.165) is 37.9 Å². The molecule has 0 N–H and O–H groups in total. The average molecular weight is 450 g/mol. The van der Waals surface area contributed by atoms with Crippen molar-refractivity contribution in [3.63, 3.8) is 0 Å². The van der Waals surface area contributed by atoms with Crippen LogP contribution in [0.2, 0.25) is 5.02 Å². The molecule has 4 rings (SSSR count). The number of hydrogen-bond donors (Lipinski definition) is 0. The number of benzene rings is 3. The highest BCUT2D eigenvalue weighted by Gasteiger charge is 2.24. The third-order valence-corrected chi connectivity index (χ3v) is 6.22. The van der Waals surface area contributed by atoms with Crippen LogP contribution in [0.5, 0.6) is 11.5 Å². The number of nitrogens with zero attached hydrogens (tertiary/aromatic N) is 1. The third kappa shape index (κ3) is 5.63. The minimum absolute atomic E-state index is 0.0646. The predicted molar refractivity (Wildman–Crippen MR) is 128 cm³/mol. The summed E-state index contributed by atoms with van der Waals surface area (Å²) < 4.78 is 11.4. The molecule has 1 aliphatic heterocycles. The van der Waals surface area contributed by atoms with Crippen LogP contribution in [0.4, 0.5) is 0 Å². The molecule has 0 spiro atoms. The van der Waals surface area contributed by atoms with E-state index >= 15 is 0 Å². The molecule has 0 aliphatic carbocycles. The summed E-state index contributed by atoms with van der Waals surface area (Å²) in [6, 6.07) is 23.4. The fraction of sp³-hybridized carbons (Fsp3) is 0.296. The highest BCUT2D eigenvalue weighted by atomic mass is 35.5. The molecule has 166 valence electrons. The lowest BCUT2D eigenvalue weighted by atomic mass is 9.90. The third-order valence-electron chi connectivity index (χ3n) is 5.99. The standard InChI is InChI=1S/C27H28ClNO3/c1-31-26-11-10-22(17-23(26)19-32-25-9-5-8-24(28)18-25)27(30)29-14-12-21(13-15-29)16-20-6-3-2-4-7-20/h2-11,17-18,21H,12-16,19H2,1H3. The van der Waals surface area contributed by atoms with Gasteiger partial charge in [0.25, 0.3) is 5.91 Å². The van der Waals surface area contributed by atoms with E-state index in [9.17, 15) is 4.79 Å². The molecule has 0 aromatic heterocycles. The molecular weight excluding hydrogens is 422 g/mol. The summed E-state index contributed by atoms with van der Waals surface area (Å²) in [6.45, 7) is 1.87. The molecule has 4 nitrogen and oxygen atoms in total. The number of carbonyl (C=O) groups is 1. The zero-order valence-electron chi connectivity index (χ0n) is 18.3. The fourth-order valence-corrected chi connectivity index (χ4v) is 4.39. The lowest BCUT2D eigenvalue weighted by Gasteiger charge is -2.32. The number of methoxy groups -OCH3 is 1. The van der Waals surface area contributed by atoms with Gasteiger partial charge in [-0.25, -0.2) is 0 Å². The maximum atomic E-state index is 13.2. The molecule has 0 radical (unpaired) electrons. The van der Waals surface area contributed by atoms with E-state index in [-0.39, 0.29) is 5.91 Å². The minimum Gasteiger partial charge on any atom is -0.496 e. The number of halogens is 1. The van der Waals surface area contributed by atoms with Crippen molar-refractivity contribution in [2.24, 2.45) is 5.92 Å². The van der Waals surface area contributed by atoms with Crippen molar-refractivity contribution in [1.82, 2.24) is 4.90 Å². The summed E-state index contributed by atoms with van der Waals surface area (Å²) in [5.74, 6) is 2.07. The predicted octanol–water partition coefficient (Wildman–Crippen LogP) is 6.02. The van der Waals surface area contributed by atoms with Crippen LogP contribution in [0, 0.1) is 5.92 Å². The van der Waals surface area contributed by atoms with Gasteiger partial charge in [-0.1, -0.05) is 48.0 Å². The second-order valence-corrected chi connectivity index (χ2v) is 8.63. The van der Waals surface area contributed by atoms with E-state index in [4.69, 9.17) is 21.1 Å². The van der Waals surface area contributed by atoms with Gasteiger partial charge in [0.1, 0.15) is 18.1 Å². The van der Waals surface area contributed by atoms with Crippen LogP contribution in [0.25, 0.3) is 0 Å². The monoisotopic (exact) mass is 449 g/mol. The molecule has 32 heavy (non-hydrogen) atoms. The lowest BCUT2D eigenvalue weighted by molar-refractivity contribution is 0.0690. The van der Waals surface area contributed by atoms with Gasteiger partial charge in [0, 0.05) is 29.2 Å². The Labute approximate surface area is 194 Å². The van der Waals surface area contributed by atoms with Crippen molar-refractivity contribution in [2.45, 2.75) is 25.9 Å². The summed E-state index contributed by atoms with van der Waals surface area (Å²) in [6.07, 6.45) is 3.14. The zero-order chi connectivity index (χ0) is 22.3. The van der Waals surface area contributed by atoms with Crippen molar-refractivity contribution in [3.8, 4) is 11.5 Å². The summed E-state index contributed by atoms with van der Waals surface area (Å²) in [7, 11) is 1.62. The van der Waals surface area contributed by atoms with Gasteiger partial charge >= 0.3 is 0 Å². The molecule has 0 unspecified atom stereocenters. The van der Waals surface area contributed by atoms with Gasteiger partial charge in [0.05, 0.1) is 7.11 Å². The molecule has 1 fully saturated rings. The van der Waals surface area contributed by atoms with Gasteiger partial charge in [0.15, 0.2) is 0 Å². The topological polar surface area (TPSA) is 38.8 Å². The maximum absolute atomic E-state index is 13.2. The van der Waals surface area contributed by atoms with Crippen molar-refractivity contribution < 1.29 is 14.3 Å². The number of likely N-dealkylation sites (tertiary alicyclic amines) is 1. The molecule has 1 amide bonds. The Balaban J connectivity index is 1.38. The molecule has 1 heterocycles. The molecule has 1 aliphatic rings. The van der Waals surface area contributed by atoms with E-state index in [1.54, 1.807) is 19.2 Å². The first-order valence-electron chi connectivity index (χ1n) is 11.0. The van der Waals surface area contributed by atoms with Gasteiger partial charge in [0.2, 0.25) is 0 Å². The lowest BCUT2D eigenvalue weighted by Crippen LogP contribution is -2.39. The highest BCUT2D eigenvalue weighted by molar-refractivity contribution is 6.30. The molecule has 0 saturated carbocycles. The first kappa shape index (κ1) is 22.2. The number of piperidine rings is 1. The molecule has 0 bridgehead atoms. The van der Waals surface area contributed by atoms with Crippen LogP contribution in [0.3, 0.4) is 0 Å². The van der Waals surface area contributed by atoms with E-state index in [1.165, 1.54) is 5.56 Å². The van der Waals surface area contributed by atoms with Crippen molar-refractivity contribution in [2.75, 3.05) is 20.2 Å².